The van der Waals surface area contributed by atoms with Gasteiger partial charge < -0.3 is 14.8 Å². The Bertz CT molecular complexity index is 384. The van der Waals surface area contributed by atoms with Crippen molar-refractivity contribution < 1.29 is 10.2 Å². The van der Waals surface area contributed by atoms with Gasteiger partial charge in [-0.25, -0.2) is 0 Å². The smallest absolute Gasteiger partial charge is 0.182 e. The van der Waals surface area contributed by atoms with Crippen molar-refractivity contribution in [2.45, 2.75) is 32.7 Å². The van der Waals surface area contributed by atoms with Crippen molar-refractivity contribution in [3.63, 3.8) is 0 Å². The topological polar surface area (TPSA) is 62.5 Å². The zero-order chi connectivity index (χ0) is 12.3. The first-order chi connectivity index (χ1) is 7.50. The van der Waals surface area contributed by atoms with E-state index in [4.69, 9.17) is 0 Å². The van der Waals surface area contributed by atoms with Gasteiger partial charge in [0, 0.05) is 23.5 Å². The van der Waals surface area contributed by atoms with Crippen LogP contribution >= 0.6 is 0 Å². The first kappa shape index (κ1) is 12.9. The summed E-state index contributed by atoms with van der Waals surface area (Å²) in [5.74, 6) is 0. The summed E-state index contributed by atoms with van der Waals surface area (Å²) < 4.78 is 1.84. The first-order valence-electron chi connectivity index (χ1n) is 5.43. The third kappa shape index (κ3) is 2.03. The van der Waals surface area contributed by atoms with Crippen LogP contribution in [0.1, 0.15) is 24.7 Å². The molecule has 1 rings (SSSR count). The minimum atomic E-state index is -0.720. The molecule has 0 bridgehead atoms. The molecule has 0 fully saturated rings. The van der Waals surface area contributed by atoms with E-state index in [0.29, 0.717) is 6.42 Å². The van der Waals surface area contributed by atoms with E-state index in [2.05, 4.69) is 0 Å². The van der Waals surface area contributed by atoms with Crippen LogP contribution in [-0.2, 0) is 5.54 Å². The lowest BCUT2D eigenvalue weighted by molar-refractivity contribution is 0.0562. The lowest BCUT2D eigenvalue weighted by Crippen LogP contribution is -2.43. The highest BCUT2D eigenvalue weighted by Crippen LogP contribution is 2.23. The Morgan fingerprint density at radius 3 is 1.94 bits per heavy atom. The van der Waals surface area contributed by atoms with Gasteiger partial charge in [0.05, 0.1) is 18.8 Å². The Kier molecular flexibility index (Phi) is 3.88. The Labute approximate surface area is 95.2 Å². The zero-order valence-corrected chi connectivity index (χ0v) is 10.0. The number of hydrogen-bond acceptors (Lipinski definition) is 3. The maximum absolute atomic E-state index is 11.3. The van der Waals surface area contributed by atoms with Crippen LogP contribution in [0.25, 0.3) is 0 Å². The third-order valence-corrected chi connectivity index (χ3v) is 3.13. The summed E-state index contributed by atoms with van der Waals surface area (Å²) in [5.41, 5.74) is 0.749. The maximum atomic E-state index is 11.3. The van der Waals surface area contributed by atoms with Crippen LogP contribution in [0.2, 0.25) is 0 Å². The molecule has 0 aliphatic heterocycles. The summed E-state index contributed by atoms with van der Waals surface area (Å²) in [6.07, 6.45) is 0.602. The minimum absolute atomic E-state index is 0.0490. The van der Waals surface area contributed by atoms with Gasteiger partial charge >= 0.3 is 0 Å². The zero-order valence-electron chi connectivity index (χ0n) is 10.0. The van der Waals surface area contributed by atoms with Gasteiger partial charge in [0.25, 0.3) is 0 Å². The molecule has 0 saturated carbocycles. The molecule has 1 aromatic rings. The Morgan fingerprint density at radius 2 is 1.62 bits per heavy atom. The normalized spacial score (nSPS) is 11.8. The van der Waals surface area contributed by atoms with E-state index in [0.717, 1.165) is 11.4 Å². The van der Waals surface area contributed by atoms with Gasteiger partial charge in [0.1, 0.15) is 0 Å². The van der Waals surface area contributed by atoms with Crippen molar-refractivity contribution >= 4 is 0 Å². The Morgan fingerprint density at radius 1 is 1.19 bits per heavy atom. The lowest BCUT2D eigenvalue weighted by atomic mass is 9.96. The number of rotatable bonds is 4. The number of aromatic nitrogens is 1. The molecule has 0 unspecified atom stereocenters. The second kappa shape index (κ2) is 4.80. The highest BCUT2D eigenvalue weighted by Gasteiger charge is 2.30. The summed E-state index contributed by atoms with van der Waals surface area (Å²) in [6.45, 7) is 5.23. The van der Waals surface area contributed by atoms with E-state index in [1.54, 1.807) is 0 Å². The van der Waals surface area contributed by atoms with Gasteiger partial charge in [0.15, 0.2) is 5.43 Å². The molecule has 90 valence electrons. The number of aryl methyl sites for hydroxylation is 2. The molecular weight excluding hydrogens is 206 g/mol. The van der Waals surface area contributed by atoms with E-state index < -0.39 is 5.54 Å². The second-order valence-corrected chi connectivity index (χ2v) is 4.20. The molecule has 0 aliphatic rings. The Balaban J connectivity index is 3.46. The van der Waals surface area contributed by atoms with Crippen LogP contribution < -0.4 is 5.43 Å². The van der Waals surface area contributed by atoms with Crippen LogP contribution in [0, 0.1) is 13.8 Å². The SMILES string of the molecule is CCC(CO)(CO)n1c(C)cc(=O)cc1C. The number of hydrogen-bond donors (Lipinski definition) is 2. The van der Waals surface area contributed by atoms with Gasteiger partial charge in [0.2, 0.25) is 0 Å². The van der Waals surface area contributed by atoms with E-state index in [1.165, 1.54) is 12.1 Å². The maximum Gasteiger partial charge on any atom is 0.182 e. The van der Waals surface area contributed by atoms with Crippen LogP contribution in [0.3, 0.4) is 0 Å². The molecule has 4 heteroatoms. The van der Waals surface area contributed by atoms with Crippen LogP contribution in [0.15, 0.2) is 16.9 Å². The quantitative estimate of drug-likeness (QED) is 0.787. The summed E-state index contributed by atoms with van der Waals surface area (Å²) >= 11 is 0. The van der Waals surface area contributed by atoms with Crippen molar-refractivity contribution in [3.8, 4) is 0 Å². The fourth-order valence-electron chi connectivity index (χ4n) is 2.18. The average molecular weight is 225 g/mol. The molecular formula is C12H19NO3. The van der Waals surface area contributed by atoms with Gasteiger partial charge in [-0.3, -0.25) is 4.79 Å². The molecule has 0 aromatic carbocycles. The molecule has 1 heterocycles. The number of aliphatic hydroxyl groups is 2. The molecule has 16 heavy (non-hydrogen) atoms. The third-order valence-electron chi connectivity index (χ3n) is 3.13. The fourth-order valence-corrected chi connectivity index (χ4v) is 2.18. The molecule has 0 atom stereocenters. The standard InChI is InChI=1S/C12H19NO3/c1-4-12(7-14,8-15)13-9(2)5-11(16)6-10(13)3/h5-6,14-15H,4,7-8H2,1-3H3. The van der Waals surface area contributed by atoms with Crippen molar-refractivity contribution in [2.75, 3.05) is 13.2 Å². The van der Waals surface area contributed by atoms with Crippen molar-refractivity contribution in [3.05, 3.63) is 33.7 Å². The molecule has 4 nitrogen and oxygen atoms in total. The van der Waals surface area contributed by atoms with E-state index in [-0.39, 0.29) is 18.6 Å². The number of pyridine rings is 1. The molecule has 0 amide bonds. The summed E-state index contributed by atoms with van der Waals surface area (Å²) in [5, 5.41) is 19.0. The van der Waals surface area contributed by atoms with E-state index in [1.807, 2.05) is 25.3 Å². The van der Waals surface area contributed by atoms with Gasteiger partial charge in [-0.05, 0) is 20.3 Å². The highest BCUT2D eigenvalue weighted by atomic mass is 16.3. The van der Waals surface area contributed by atoms with Crippen LogP contribution in [-0.4, -0.2) is 28.0 Å². The van der Waals surface area contributed by atoms with E-state index in [9.17, 15) is 15.0 Å². The largest absolute Gasteiger partial charge is 0.394 e. The predicted octanol–water partition coefficient (Wildman–Crippen LogP) is 0.555. The van der Waals surface area contributed by atoms with Gasteiger partial charge in [-0.2, -0.15) is 0 Å². The number of nitrogens with zero attached hydrogens (tertiary/aromatic N) is 1. The van der Waals surface area contributed by atoms with E-state index >= 15 is 0 Å². The molecule has 0 saturated heterocycles. The van der Waals surface area contributed by atoms with Crippen LogP contribution in [0.4, 0.5) is 0 Å². The minimum Gasteiger partial charge on any atom is -0.394 e. The van der Waals surface area contributed by atoms with Crippen LogP contribution in [0.5, 0.6) is 0 Å². The highest BCUT2D eigenvalue weighted by molar-refractivity contribution is 5.16. The van der Waals surface area contributed by atoms with Crippen molar-refractivity contribution in [2.24, 2.45) is 0 Å². The first-order valence-corrected chi connectivity index (χ1v) is 5.43. The summed E-state index contributed by atoms with van der Waals surface area (Å²) in [7, 11) is 0. The molecule has 1 aromatic heterocycles. The summed E-state index contributed by atoms with van der Waals surface area (Å²) in [4.78, 5) is 11.3. The predicted molar refractivity (Wildman–Crippen MR) is 62.6 cm³/mol. The molecule has 0 spiro atoms. The molecule has 0 radical (unpaired) electrons. The fraction of sp³-hybridized carbons (Fsp3) is 0.583. The van der Waals surface area contributed by atoms with Gasteiger partial charge in [-0.15, -0.1) is 0 Å². The monoisotopic (exact) mass is 225 g/mol. The number of aliphatic hydroxyl groups excluding tert-OH is 2. The second-order valence-electron chi connectivity index (χ2n) is 4.20. The molecule has 2 N–H and O–H groups in total. The molecule has 0 aliphatic carbocycles. The van der Waals surface area contributed by atoms with Crippen molar-refractivity contribution in [1.82, 2.24) is 4.57 Å². The average Bonchev–Trinajstić information content (AvgIpc) is 2.23. The van der Waals surface area contributed by atoms with Crippen molar-refractivity contribution in [1.29, 1.82) is 0 Å². The van der Waals surface area contributed by atoms with Gasteiger partial charge in [-0.1, -0.05) is 6.92 Å². The lowest BCUT2D eigenvalue weighted by Gasteiger charge is -2.35. The summed E-state index contributed by atoms with van der Waals surface area (Å²) in [6, 6.07) is 3.03. The Hall–Kier alpha value is -1.13.